The van der Waals surface area contributed by atoms with Crippen LogP contribution in [0.3, 0.4) is 0 Å². The second-order valence-electron chi connectivity index (χ2n) is 12.5. The smallest absolute Gasteiger partial charge is 0.404 e. The predicted octanol–water partition coefficient (Wildman–Crippen LogP) is 8.79. The molecule has 0 bridgehead atoms. The number of phosphoric ester groups is 1. The average molecular weight is 489 g/mol. The van der Waals surface area contributed by atoms with Crippen LogP contribution in [0.4, 0.5) is 0 Å². The molecule has 0 aliphatic carbocycles. The highest BCUT2D eigenvalue weighted by Crippen LogP contribution is 2.52. The van der Waals surface area contributed by atoms with E-state index in [2.05, 4.69) is 95.2 Å². The summed E-state index contributed by atoms with van der Waals surface area (Å²) in [6.07, 6.45) is 0. The standard InChI is InChI=1S/C29H45O4P/c1-17(2)20-15-21(18(3)4)25(22(16-20)19(5)6)26-24(33-34(30,31)32)14-13-23(28(7,8)9)27(26)29(10,11)12/h13-19H,1-12H3,(H2,30,31,32). The maximum absolute atomic E-state index is 12.1. The monoisotopic (exact) mass is 488 g/mol. The molecule has 2 N–H and O–H groups in total. The number of hydrogen-bond acceptors (Lipinski definition) is 2. The van der Waals surface area contributed by atoms with Crippen LogP contribution in [-0.4, -0.2) is 9.79 Å². The van der Waals surface area contributed by atoms with E-state index in [1.54, 1.807) is 6.07 Å². The van der Waals surface area contributed by atoms with Crippen LogP contribution in [0.1, 0.15) is 129 Å². The van der Waals surface area contributed by atoms with Crippen molar-refractivity contribution < 1.29 is 18.9 Å². The molecule has 0 atom stereocenters. The second-order valence-corrected chi connectivity index (χ2v) is 13.6. The Balaban J connectivity index is 3.26. The Labute approximate surface area is 207 Å². The van der Waals surface area contributed by atoms with Gasteiger partial charge in [-0.2, -0.15) is 0 Å². The summed E-state index contributed by atoms with van der Waals surface area (Å²) in [5, 5.41) is 0. The Morgan fingerprint density at radius 3 is 1.53 bits per heavy atom. The minimum atomic E-state index is -4.77. The van der Waals surface area contributed by atoms with Crippen molar-refractivity contribution in [3.63, 3.8) is 0 Å². The lowest BCUT2D eigenvalue weighted by Gasteiger charge is -2.35. The summed E-state index contributed by atoms with van der Waals surface area (Å²) in [7, 11) is -4.77. The number of rotatable bonds is 6. The third-order valence-corrected chi connectivity index (χ3v) is 6.76. The molecule has 2 aromatic rings. The topological polar surface area (TPSA) is 66.8 Å². The highest BCUT2D eigenvalue weighted by Gasteiger charge is 2.34. The fourth-order valence-electron chi connectivity index (χ4n) is 4.68. The highest BCUT2D eigenvalue weighted by atomic mass is 31.2. The Bertz CT molecular complexity index is 1050. The van der Waals surface area contributed by atoms with Crippen molar-refractivity contribution in [2.45, 2.75) is 112 Å². The van der Waals surface area contributed by atoms with Gasteiger partial charge in [-0.15, -0.1) is 0 Å². The van der Waals surface area contributed by atoms with Crippen LogP contribution in [0.5, 0.6) is 5.75 Å². The van der Waals surface area contributed by atoms with Crippen LogP contribution < -0.4 is 4.52 Å². The molecule has 4 nitrogen and oxygen atoms in total. The molecule has 0 aliphatic rings. The van der Waals surface area contributed by atoms with Crippen molar-refractivity contribution in [1.82, 2.24) is 0 Å². The first kappa shape index (κ1) is 28.6. The molecule has 0 amide bonds. The molecule has 0 fully saturated rings. The third kappa shape index (κ3) is 6.33. The van der Waals surface area contributed by atoms with E-state index in [1.165, 1.54) is 16.7 Å². The Morgan fingerprint density at radius 2 is 1.21 bits per heavy atom. The lowest BCUT2D eigenvalue weighted by Crippen LogP contribution is -2.24. The zero-order chi connectivity index (χ0) is 26.4. The van der Waals surface area contributed by atoms with E-state index in [0.29, 0.717) is 5.92 Å². The summed E-state index contributed by atoms with van der Waals surface area (Å²) in [5.41, 5.74) is 7.29. The fourth-order valence-corrected chi connectivity index (χ4v) is 5.09. The molecular formula is C29H45O4P. The second kappa shape index (κ2) is 9.80. The van der Waals surface area contributed by atoms with Gasteiger partial charge in [0.05, 0.1) is 0 Å². The van der Waals surface area contributed by atoms with E-state index in [4.69, 9.17) is 4.52 Å². The van der Waals surface area contributed by atoms with Crippen LogP contribution in [-0.2, 0) is 15.4 Å². The van der Waals surface area contributed by atoms with Crippen LogP contribution in [0.25, 0.3) is 11.1 Å². The fraction of sp³-hybridized carbons (Fsp3) is 0.586. The molecule has 0 unspecified atom stereocenters. The SMILES string of the molecule is CC(C)c1cc(C(C)C)c(-c2c(OP(=O)(O)O)ccc(C(C)(C)C)c2C(C)(C)C)c(C(C)C)c1. The van der Waals surface area contributed by atoms with Crippen molar-refractivity contribution in [3.05, 3.63) is 52.1 Å². The number of phosphoric acid groups is 1. The van der Waals surface area contributed by atoms with E-state index in [1.807, 2.05) is 6.07 Å². The average Bonchev–Trinajstić information content (AvgIpc) is 2.63. The zero-order valence-corrected chi connectivity index (χ0v) is 24.1. The lowest BCUT2D eigenvalue weighted by molar-refractivity contribution is 0.283. The summed E-state index contributed by atoms with van der Waals surface area (Å²) >= 11 is 0. The first-order chi connectivity index (χ1) is 15.3. The molecule has 5 heteroatoms. The zero-order valence-electron chi connectivity index (χ0n) is 23.2. The summed E-state index contributed by atoms with van der Waals surface area (Å²) < 4.78 is 17.5. The van der Waals surface area contributed by atoms with Gasteiger partial charge in [-0.25, -0.2) is 4.57 Å². The maximum Gasteiger partial charge on any atom is 0.524 e. The predicted molar refractivity (Wildman–Crippen MR) is 144 cm³/mol. The molecule has 0 aliphatic heterocycles. The van der Waals surface area contributed by atoms with E-state index in [0.717, 1.165) is 22.3 Å². The normalized spacial score (nSPS) is 13.3. The van der Waals surface area contributed by atoms with Gasteiger partial charge in [0.15, 0.2) is 0 Å². The summed E-state index contributed by atoms with van der Waals surface area (Å²) in [4.78, 5) is 19.7. The van der Waals surface area contributed by atoms with Gasteiger partial charge in [0.1, 0.15) is 5.75 Å². The first-order valence-corrected chi connectivity index (χ1v) is 13.9. The van der Waals surface area contributed by atoms with Gasteiger partial charge in [-0.05, 0) is 68.0 Å². The van der Waals surface area contributed by atoms with E-state index in [9.17, 15) is 14.4 Å². The van der Waals surface area contributed by atoms with Gasteiger partial charge in [0, 0.05) is 5.56 Å². The summed E-state index contributed by atoms with van der Waals surface area (Å²) in [6, 6.07) is 8.26. The first-order valence-electron chi connectivity index (χ1n) is 12.4. The van der Waals surface area contributed by atoms with Crippen LogP contribution in [0, 0.1) is 0 Å². The van der Waals surface area contributed by atoms with Gasteiger partial charge in [-0.3, -0.25) is 9.79 Å². The van der Waals surface area contributed by atoms with Crippen LogP contribution >= 0.6 is 7.82 Å². The van der Waals surface area contributed by atoms with E-state index >= 15 is 0 Å². The van der Waals surface area contributed by atoms with Gasteiger partial charge in [0.25, 0.3) is 0 Å². The Kier molecular flexibility index (Phi) is 8.25. The maximum atomic E-state index is 12.1. The molecule has 34 heavy (non-hydrogen) atoms. The van der Waals surface area contributed by atoms with Crippen molar-refractivity contribution in [2.24, 2.45) is 0 Å². The Hall–Kier alpha value is -1.61. The third-order valence-electron chi connectivity index (χ3n) is 6.32. The van der Waals surface area contributed by atoms with Gasteiger partial charge >= 0.3 is 7.82 Å². The van der Waals surface area contributed by atoms with Gasteiger partial charge in [0.2, 0.25) is 0 Å². The van der Waals surface area contributed by atoms with Gasteiger partial charge < -0.3 is 4.52 Å². The molecule has 0 saturated heterocycles. The number of hydrogen-bond donors (Lipinski definition) is 2. The molecule has 2 rings (SSSR count). The molecule has 0 heterocycles. The largest absolute Gasteiger partial charge is 0.524 e. The highest BCUT2D eigenvalue weighted by molar-refractivity contribution is 7.46. The molecular weight excluding hydrogens is 443 g/mol. The molecule has 2 aromatic carbocycles. The van der Waals surface area contributed by atoms with Crippen molar-refractivity contribution in [1.29, 1.82) is 0 Å². The lowest BCUT2D eigenvalue weighted by atomic mass is 9.70. The van der Waals surface area contributed by atoms with E-state index in [-0.39, 0.29) is 28.4 Å². The minimum Gasteiger partial charge on any atom is -0.404 e. The minimum absolute atomic E-state index is 0.161. The van der Waals surface area contributed by atoms with Gasteiger partial charge in [-0.1, -0.05) is 101 Å². The summed E-state index contributed by atoms with van der Waals surface area (Å²) in [6.45, 7) is 26.2. The molecule has 0 saturated carbocycles. The molecule has 0 spiro atoms. The molecule has 0 aromatic heterocycles. The van der Waals surface area contributed by atoms with E-state index < -0.39 is 7.82 Å². The Morgan fingerprint density at radius 1 is 0.735 bits per heavy atom. The number of benzene rings is 2. The van der Waals surface area contributed by atoms with Crippen molar-refractivity contribution >= 4 is 7.82 Å². The summed E-state index contributed by atoms with van der Waals surface area (Å²) in [5.74, 6) is 1.06. The molecule has 190 valence electrons. The molecule has 0 radical (unpaired) electrons. The van der Waals surface area contributed by atoms with Crippen LogP contribution in [0.2, 0.25) is 0 Å². The van der Waals surface area contributed by atoms with Crippen molar-refractivity contribution in [2.75, 3.05) is 0 Å². The van der Waals surface area contributed by atoms with Crippen molar-refractivity contribution in [3.8, 4) is 16.9 Å². The quantitative estimate of drug-likeness (QED) is 0.399. The van der Waals surface area contributed by atoms with Crippen LogP contribution in [0.15, 0.2) is 24.3 Å².